The van der Waals surface area contributed by atoms with Crippen molar-refractivity contribution in [1.82, 2.24) is 0 Å². The van der Waals surface area contributed by atoms with Crippen molar-refractivity contribution in [3.8, 4) is 0 Å². The molecule has 1 unspecified atom stereocenters. The van der Waals surface area contributed by atoms with Crippen LogP contribution in [0.15, 0.2) is 82.8 Å². The Morgan fingerprint density at radius 3 is 2.16 bits per heavy atom. The molecule has 0 aromatic heterocycles. The molecule has 0 spiro atoms. The lowest BCUT2D eigenvalue weighted by Gasteiger charge is -2.24. The summed E-state index contributed by atoms with van der Waals surface area (Å²) in [5.74, 6) is -1.35. The number of sulfone groups is 1. The van der Waals surface area contributed by atoms with Crippen LogP contribution in [0.5, 0.6) is 0 Å². The summed E-state index contributed by atoms with van der Waals surface area (Å²) in [5.41, 5.74) is 3.25. The zero-order valence-corrected chi connectivity index (χ0v) is 17.4. The maximum atomic E-state index is 13.4. The van der Waals surface area contributed by atoms with Crippen molar-refractivity contribution in [2.75, 3.05) is 11.3 Å². The van der Waals surface area contributed by atoms with Crippen molar-refractivity contribution in [2.24, 2.45) is 5.10 Å². The normalized spacial score (nSPS) is 16.3. The number of anilines is 1. The zero-order valence-electron chi connectivity index (χ0n) is 16.6. The number of aromatic carboxylic acids is 1. The Labute approximate surface area is 179 Å². The Hall–Kier alpha value is -3.52. The van der Waals surface area contributed by atoms with Gasteiger partial charge in [-0.1, -0.05) is 24.3 Å². The molecule has 1 atom stereocenters. The van der Waals surface area contributed by atoms with Crippen molar-refractivity contribution in [2.45, 2.75) is 17.4 Å². The summed E-state index contributed by atoms with van der Waals surface area (Å²) in [6.45, 7) is 0. The minimum absolute atomic E-state index is 0.168. The van der Waals surface area contributed by atoms with Gasteiger partial charge in [-0.25, -0.2) is 17.6 Å². The van der Waals surface area contributed by atoms with Crippen molar-refractivity contribution in [3.05, 3.63) is 95.3 Å². The summed E-state index contributed by atoms with van der Waals surface area (Å²) < 4.78 is 36.9. The molecule has 0 fully saturated rings. The molecule has 3 aromatic rings. The summed E-state index contributed by atoms with van der Waals surface area (Å²) >= 11 is 0. The average molecular weight is 438 g/mol. The number of halogens is 1. The van der Waals surface area contributed by atoms with Gasteiger partial charge >= 0.3 is 5.97 Å². The van der Waals surface area contributed by atoms with Crippen LogP contribution >= 0.6 is 0 Å². The minimum Gasteiger partial charge on any atom is -0.478 e. The number of hydrogen-bond acceptors (Lipinski definition) is 5. The number of carboxylic acids is 1. The van der Waals surface area contributed by atoms with E-state index < -0.39 is 15.8 Å². The van der Waals surface area contributed by atoms with Crippen LogP contribution in [-0.2, 0) is 9.84 Å². The summed E-state index contributed by atoms with van der Waals surface area (Å²) in [5, 5.41) is 15.7. The monoisotopic (exact) mass is 438 g/mol. The minimum atomic E-state index is -3.30. The van der Waals surface area contributed by atoms with E-state index in [0.717, 1.165) is 23.1 Å². The Kier molecular flexibility index (Phi) is 5.32. The second-order valence-electron chi connectivity index (χ2n) is 7.31. The lowest BCUT2D eigenvalue weighted by molar-refractivity contribution is 0.0697. The van der Waals surface area contributed by atoms with Crippen LogP contribution in [0.4, 0.5) is 10.1 Å². The third-order valence-corrected chi connectivity index (χ3v) is 6.29. The van der Waals surface area contributed by atoms with Gasteiger partial charge in [0, 0.05) is 12.7 Å². The van der Waals surface area contributed by atoms with Crippen LogP contribution in [0, 0.1) is 5.82 Å². The van der Waals surface area contributed by atoms with E-state index in [1.807, 2.05) is 0 Å². The Bertz CT molecular complexity index is 1250. The highest BCUT2D eigenvalue weighted by Gasteiger charge is 2.30. The number of nitrogens with zero attached hydrogens (tertiary/aromatic N) is 2. The van der Waals surface area contributed by atoms with Crippen molar-refractivity contribution in [1.29, 1.82) is 0 Å². The fourth-order valence-electron chi connectivity index (χ4n) is 3.52. The first-order valence-corrected chi connectivity index (χ1v) is 11.4. The molecule has 8 heteroatoms. The maximum Gasteiger partial charge on any atom is 0.335 e. The highest BCUT2D eigenvalue weighted by atomic mass is 32.2. The quantitative estimate of drug-likeness (QED) is 0.642. The Morgan fingerprint density at radius 1 is 1.00 bits per heavy atom. The van der Waals surface area contributed by atoms with Gasteiger partial charge in [-0.05, 0) is 59.7 Å². The molecule has 0 saturated carbocycles. The second-order valence-corrected chi connectivity index (χ2v) is 9.33. The first-order valence-electron chi connectivity index (χ1n) is 9.48. The second kappa shape index (κ2) is 7.96. The van der Waals surface area contributed by atoms with E-state index in [0.29, 0.717) is 12.1 Å². The van der Waals surface area contributed by atoms with Crippen molar-refractivity contribution < 1.29 is 22.7 Å². The van der Waals surface area contributed by atoms with E-state index in [1.54, 1.807) is 53.5 Å². The van der Waals surface area contributed by atoms with Gasteiger partial charge in [0.05, 0.1) is 27.9 Å². The third kappa shape index (κ3) is 4.34. The molecule has 0 bridgehead atoms. The van der Waals surface area contributed by atoms with Gasteiger partial charge in [-0.3, -0.25) is 5.01 Å². The van der Waals surface area contributed by atoms with E-state index in [1.165, 1.54) is 24.3 Å². The summed E-state index contributed by atoms with van der Waals surface area (Å²) in [6, 6.07) is 18.9. The number of hydrogen-bond donors (Lipinski definition) is 1. The largest absolute Gasteiger partial charge is 0.478 e. The van der Waals surface area contributed by atoms with Gasteiger partial charge in [0.1, 0.15) is 5.82 Å². The predicted octanol–water partition coefficient (Wildman–Crippen LogP) is 4.28. The van der Waals surface area contributed by atoms with Gasteiger partial charge < -0.3 is 5.11 Å². The van der Waals surface area contributed by atoms with E-state index >= 15 is 0 Å². The van der Waals surface area contributed by atoms with Crippen LogP contribution in [0.1, 0.15) is 33.9 Å². The SMILES string of the molecule is CS(=O)(=O)c1ccc(C2=NN(c3ccc(C(=O)O)cc3)C(c3ccc(F)cc3)C2)cc1. The van der Waals surface area contributed by atoms with Crippen molar-refractivity contribution in [3.63, 3.8) is 0 Å². The van der Waals surface area contributed by atoms with E-state index in [2.05, 4.69) is 0 Å². The molecule has 4 rings (SSSR count). The number of benzene rings is 3. The molecule has 3 aromatic carbocycles. The molecule has 1 aliphatic rings. The van der Waals surface area contributed by atoms with Crippen LogP contribution < -0.4 is 5.01 Å². The maximum absolute atomic E-state index is 13.4. The zero-order chi connectivity index (χ0) is 22.2. The van der Waals surface area contributed by atoms with Crippen molar-refractivity contribution >= 4 is 27.2 Å². The molecule has 0 aliphatic carbocycles. The predicted molar refractivity (Wildman–Crippen MR) is 116 cm³/mol. The number of hydrazone groups is 1. The molecule has 0 radical (unpaired) electrons. The van der Waals surface area contributed by atoms with Crippen LogP contribution in [0.25, 0.3) is 0 Å². The Morgan fingerprint density at radius 2 is 1.61 bits per heavy atom. The van der Waals surface area contributed by atoms with Gasteiger partial charge in [0.2, 0.25) is 0 Å². The van der Waals surface area contributed by atoms with Gasteiger partial charge in [0.15, 0.2) is 9.84 Å². The van der Waals surface area contributed by atoms with Crippen LogP contribution in [-0.4, -0.2) is 31.5 Å². The molecular weight excluding hydrogens is 419 g/mol. The smallest absolute Gasteiger partial charge is 0.335 e. The highest BCUT2D eigenvalue weighted by molar-refractivity contribution is 7.90. The first kappa shape index (κ1) is 20.7. The van der Waals surface area contributed by atoms with E-state index in [4.69, 9.17) is 10.2 Å². The molecule has 1 heterocycles. The summed E-state index contributed by atoms with van der Waals surface area (Å²) in [4.78, 5) is 11.4. The van der Waals surface area contributed by atoms with E-state index in [9.17, 15) is 17.6 Å². The standard InChI is InChI=1S/C23H19FN2O4S/c1-31(29,30)20-12-6-15(7-13-20)21-14-22(16-2-8-18(24)9-3-16)26(25-21)19-10-4-17(5-11-19)23(27)28/h2-13,22H,14H2,1H3,(H,27,28). The molecule has 31 heavy (non-hydrogen) atoms. The number of rotatable bonds is 5. The third-order valence-electron chi connectivity index (χ3n) is 5.16. The fraction of sp³-hybridized carbons (Fsp3) is 0.130. The number of carboxylic acid groups (broad SMARTS) is 1. The van der Waals surface area contributed by atoms with Gasteiger partial charge in [-0.15, -0.1) is 0 Å². The molecule has 158 valence electrons. The summed E-state index contributed by atoms with van der Waals surface area (Å²) in [6.07, 6.45) is 1.67. The lowest BCUT2D eigenvalue weighted by Crippen LogP contribution is -2.18. The topological polar surface area (TPSA) is 87.0 Å². The Balaban J connectivity index is 1.72. The van der Waals surface area contributed by atoms with Crippen LogP contribution in [0.2, 0.25) is 0 Å². The molecule has 6 nitrogen and oxygen atoms in total. The van der Waals surface area contributed by atoms with E-state index in [-0.39, 0.29) is 22.3 Å². The van der Waals surface area contributed by atoms with Crippen LogP contribution in [0.3, 0.4) is 0 Å². The molecular formula is C23H19FN2O4S. The fourth-order valence-corrected chi connectivity index (χ4v) is 4.15. The average Bonchev–Trinajstić information content (AvgIpc) is 3.19. The number of carbonyl (C=O) groups is 1. The summed E-state index contributed by atoms with van der Waals surface area (Å²) in [7, 11) is -3.30. The molecule has 0 saturated heterocycles. The van der Waals surface area contributed by atoms with Gasteiger partial charge in [0.25, 0.3) is 0 Å². The first-order chi connectivity index (χ1) is 14.7. The molecule has 1 aliphatic heterocycles. The highest BCUT2D eigenvalue weighted by Crippen LogP contribution is 2.37. The lowest BCUT2D eigenvalue weighted by atomic mass is 9.98. The molecule has 0 amide bonds. The van der Waals surface area contributed by atoms with Gasteiger partial charge in [-0.2, -0.15) is 5.10 Å². The molecule has 1 N–H and O–H groups in total.